The Balaban J connectivity index is 2.38. The van der Waals surface area contributed by atoms with Gasteiger partial charge in [-0.05, 0) is 38.4 Å². The van der Waals surface area contributed by atoms with Gasteiger partial charge < -0.3 is 5.32 Å². The molecule has 1 N–H and O–H groups in total. The monoisotopic (exact) mass is 257 g/mol. The van der Waals surface area contributed by atoms with Crippen molar-refractivity contribution in [1.29, 1.82) is 0 Å². The largest absolute Gasteiger partial charge is 0.305 e. The van der Waals surface area contributed by atoms with Crippen LogP contribution in [0.15, 0.2) is 30.3 Å². The van der Waals surface area contributed by atoms with Crippen molar-refractivity contribution >= 4 is 0 Å². The Morgan fingerprint density at radius 1 is 1.26 bits per heavy atom. The standard InChI is InChI=1S/C16H23N3/c1-5-9-17-16(14-8-6-7-12(2)10-14)15-11-13(3)18-19(15)4/h6-8,10-11,16-17H,5,9H2,1-4H3. The highest BCUT2D eigenvalue weighted by Crippen LogP contribution is 2.23. The highest BCUT2D eigenvalue weighted by Gasteiger charge is 2.17. The van der Waals surface area contributed by atoms with Crippen LogP contribution in [0.25, 0.3) is 0 Å². The van der Waals surface area contributed by atoms with Gasteiger partial charge in [-0.3, -0.25) is 4.68 Å². The van der Waals surface area contributed by atoms with Crippen molar-refractivity contribution in [2.75, 3.05) is 6.54 Å². The second-order valence-electron chi connectivity index (χ2n) is 5.14. The molecule has 0 aliphatic rings. The summed E-state index contributed by atoms with van der Waals surface area (Å²) in [6, 6.07) is 11.1. The Morgan fingerprint density at radius 2 is 2.05 bits per heavy atom. The van der Waals surface area contributed by atoms with E-state index >= 15 is 0 Å². The van der Waals surface area contributed by atoms with Gasteiger partial charge in [-0.1, -0.05) is 36.8 Å². The summed E-state index contributed by atoms with van der Waals surface area (Å²) < 4.78 is 1.98. The predicted molar refractivity (Wildman–Crippen MR) is 79.3 cm³/mol. The van der Waals surface area contributed by atoms with E-state index < -0.39 is 0 Å². The van der Waals surface area contributed by atoms with E-state index in [4.69, 9.17) is 0 Å². The van der Waals surface area contributed by atoms with E-state index in [1.165, 1.54) is 16.8 Å². The summed E-state index contributed by atoms with van der Waals surface area (Å²) in [5, 5.41) is 8.09. The average Bonchev–Trinajstić information content (AvgIpc) is 2.69. The first-order valence-electron chi connectivity index (χ1n) is 6.92. The Hall–Kier alpha value is -1.61. The van der Waals surface area contributed by atoms with Crippen LogP contribution in [0.3, 0.4) is 0 Å². The van der Waals surface area contributed by atoms with Crippen molar-refractivity contribution in [3.63, 3.8) is 0 Å². The third-order valence-corrected chi connectivity index (χ3v) is 3.31. The van der Waals surface area contributed by atoms with Crippen LogP contribution >= 0.6 is 0 Å². The van der Waals surface area contributed by atoms with Crippen LogP contribution in [-0.2, 0) is 7.05 Å². The summed E-state index contributed by atoms with van der Waals surface area (Å²) in [6.45, 7) is 7.36. The Labute approximate surface area is 115 Å². The molecule has 0 saturated heterocycles. The fourth-order valence-electron chi connectivity index (χ4n) is 2.43. The molecule has 3 heteroatoms. The molecule has 3 nitrogen and oxygen atoms in total. The van der Waals surface area contributed by atoms with Crippen LogP contribution in [-0.4, -0.2) is 16.3 Å². The molecule has 102 valence electrons. The highest BCUT2D eigenvalue weighted by atomic mass is 15.3. The summed E-state index contributed by atoms with van der Waals surface area (Å²) in [6.07, 6.45) is 1.12. The molecular weight excluding hydrogens is 234 g/mol. The summed E-state index contributed by atoms with van der Waals surface area (Å²) >= 11 is 0. The van der Waals surface area contributed by atoms with Crippen molar-refractivity contribution in [1.82, 2.24) is 15.1 Å². The maximum atomic E-state index is 4.46. The van der Waals surface area contributed by atoms with Crippen LogP contribution in [0.1, 0.15) is 41.9 Å². The highest BCUT2D eigenvalue weighted by molar-refractivity contribution is 5.31. The van der Waals surface area contributed by atoms with Gasteiger partial charge in [0.1, 0.15) is 0 Å². The summed E-state index contributed by atoms with van der Waals surface area (Å²) in [5.74, 6) is 0. The van der Waals surface area contributed by atoms with E-state index in [1.54, 1.807) is 0 Å². The minimum absolute atomic E-state index is 0.214. The van der Waals surface area contributed by atoms with E-state index in [1.807, 2.05) is 18.7 Å². The second kappa shape index (κ2) is 6.02. The zero-order valence-corrected chi connectivity index (χ0v) is 12.3. The number of aromatic nitrogens is 2. The summed E-state index contributed by atoms with van der Waals surface area (Å²) in [4.78, 5) is 0. The van der Waals surface area contributed by atoms with E-state index in [0.29, 0.717) is 0 Å². The number of benzene rings is 1. The molecule has 1 aromatic heterocycles. The Kier molecular flexibility index (Phi) is 4.38. The molecule has 1 heterocycles. The third kappa shape index (κ3) is 3.24. The molecule has 0 spiro atoms. The fraction of sp³-hybridized carbons (Fsp3) is 0.438. The lowest BCUT2D eigenvalue weighted by Gasteiger charge is -2.19. The first-order chi connectivity index (χ1) is 9.11. The number of hydrogen-bond donors (Lipinski definition) is 1. The Bertz CT molecular complexity index is 543. The topological polar surface area (TPSA) is 29.9 Å². The van der Waals surface area contributed by atoms with Gasteiger partial charge >= 0.3 is 0 Å². The van der Waals surface area contributed by atoms with E-state index in [-0.39, 0.29) is 6.04 Å². The number of rotatable bonds is 5. The van der Waals surface area contributed by atoms with Crippen LogP contribution in [0.4, 0.5) is 0 Å². The molecule has 1 atom stereocenters. The quantitative estimate of drug-likeness (QED) is 0.892. The number of hydrogen-bond acceptors (Lipinski definition) is 2. The molecule has 0 aliphatic carbocycles. The van der Waals surface area contributed by atoms with E-state index in [0.717, 1.165) is 18.7 Å². The molecule has 0 aliphatic heterocycles. The molecule has 0 saturated carbocycles. The fourth-order valence-corrected chi connectivity index (χ4v) is 2.43. The second-order valence-corrected chi connectivity index (χ2v) is 5.14. The zero-order chi connectivity index (χ0) is 13.8. The maximum Gasteiger partial charge on any atom is 0.0748 e. The van der Waals surface area contributed by atoms with Gasteiger partial charge in [-0.15, -0.1) is 0 Å². The van der Waals surface area contributed by atoms with E-state index in [2.05, 4.69) is 54.6 Å². The molecule has 0 radical (unpaired) electrons. The molecule has 0 fully saturated rings. The van der Waals surface area contributed by atoms with Crippen LogP contribution in [0, 0.1) is 13.8 Å². The van der Waals surface area contributed by atoms with Crippen molar-refractivity contribution in [2.24, 2.45) is 7.05 Å². The smallest absolute Gasteiger partial charge is 0.0748 e. The average molecular weight is 257 g/mol. The van der Waals surface area contributed by atoms with E-state index in [9.17, 15) is 0 Å². The molecule has 0 amide bonds. The van der Waals surface area contributed by atoms with Gasteiger partial charge in [0.2, 0.25) is 0 Å². The van der Waals surface area contributed by atoms with Gasteiger partial charge in [0.05, 0.1) is 17.4 Å². The number of nitrogens with zero attached hydrogens (tertiary/aromatic N) is 2. The number of aryl methyl sites for hydroxylation is 3. The third-order valence-electron chi connectivity index (χ3n) is 3.31. The van der Waals surface area contributed by atoms with Crippen molar-refractivity contribution in [3.05, 3.63) is 52.8 Å². The van der Waals surface area contributed by atoms with Crippen LogP contribution < -0.4 is 5.32 Å². The minimum atomic E-state index is 0.214. The first kappa shape index (κ1) is 13.8. The van der Waals surface area contributed by atoms with Crippen LogP contribution in [0.2, 0.25) is 0 Å². The first-order valence-corrected chi connectivity index (χ1v) is 6.92. The van der Waals surface area contributed by atoms with Gasteiger partial charge in [-0.2, -0.15) is 5.10 Å². The van der Waals surface area contributed by atoms with Crippen molar-refractivity contribution < 1.29 is 0 Å². The predicted octanol–water partition coefficient (Wildman–Crippen LogP) is 3.13. The van der Waals surface area contributed by atoms with Gasteiger partial charge in [0, 0.05) is 7.05 Å². The lowest BCUT2D eigenvalue weighted by molar-refractivity contribution is 0.553. The SMILES string of the molecule is CCCNC(c1cccc(C)c1)c1cc(C)nn1C. The zero-order valence-electron chi connectivity index (χ0n) is 12.3. The lowest BCUT2D eigenvalue weighted by atomic mass is 10.0. The number of nitrogens with one attached hydrogen (secondary N) is 1. The van der Waals surface area contributed by atoms with Crippen molar-refractivity contribution in [2.45, 2.75) is 33.2 Å². The molecule has 2 aromatic rings. The molecule has 1 unspecified atom stereocenters. The summed E-state index contributed by atoms with van der Waals surface area (Å²) in [5.41, 5.74) is 4.88. The minimum Gasteiger partial charge on any atom is -0.305 e. The lowest BCUT2D eigenvalue weighted by Crippen LogP contribution is -2.25. The maximum absolute atomic E-state index is 4.46. The van der Waals surface area contributed by atoms with Gasteiger partial charge in [0.25, 0.3) is 0 Å². The van der Waals surface area contributed by atoms with Crippen LogP contribution in [0.5, 0.6) is 0 Å². The molecule has 19 heavy (non-hydrogen) atoms. The molecular formula is C16H23N3. The van der Waals surface area contributed by atoms with Crippen molar-refractivity contribution in [3.8, 4) is 0 Å². The normalized spacial score (nSPS) is 12.6. The molecule has 2 rings (SSSR count). The molecule has 0 bridgehead atoms. The van der Waals surface area contributed by atoms with Gasteiger partial charge in [0.15, 0.2) is 0 Å². The molecule has 1 aromatic carbocycles. The Morgan fingerprint density at radius 3 is 2.63 bits per heavy atom. The van der Waals surface area contributed by atoms with Gasteiger partial charge in [-0.25, -0.2) is 0 Å². The summed E-state index contributed by atoms with van der Waals surface area (Å²) in [7, 11) is 2.01.